The Labute approximate surface area is 182 Å². The smallest absolute Gasteiger partial charge is 0.324 e. The second-order valence-electron chi connectivity index (χ2n) is 7.88. The van der Waals surface area contributed by atoms with E-state index in [9.17, 15) is 17.6 Å². The Balaban J connectivity index is 1.72. The number of sulfonamides is 1. The van der Waals surface area contributed by atoms with Crippen molar-refractivity contribution in [3.05, 3.63) is 65.5 Å². The Hall–Kier alpha value is -2.29. The summed E-state index contributed by atoms with van der Waals surface area (Å²) in [6.45, 7) is 1.95. The van der Waals surface area contributed by atoms with Crippen LogP contribution in [0.2, 0.25) is 0 Å². The van der Waals surface area contributed by atoms with Crippen LogP contribution in [0.3, 0.4) is 0 Å². The average molecular weight is 450 g/mol. The van der Waals surface area contributed by atoms with Crippen LogP contribution in [0.5, 0.6) is 0 Å². The molecule has 2 aromatic rings. The Morgan fingerprint density at radius 2 is 1.94 bits per heavy atom. The number of esters is 1. The van der Waals surface area contributed by atoms with Gasteiger partial charge < -0.3 is 9.47 Å². The number of halogens is 1. The first-order valence-electron chi connectivity index (χ1n) is 10.3. The van der Waals surface area contributed by atoms with Crippen LogP contribution in [0.4, 0.5) is 4.39 Å². The highest BCUT2D eigenvalue weighted by Crippen LogP contribution is 2.31. The fraction of sp³-hybridized carbons (Fsp3) is 0.435. The normalized spacial score (nSPS) is 20.2. The van der Waals surface area contributed by atoms with Gasteiger partial charge in [0.1, 0.15) is 11.9 Å². The van der Waals surface area contributed by atoms with Gasteiger partial charge in [0.2, 0.25) is 10.0 Å². The molecule has 31 heavy (non-hydrogen) atoms. The molecule has 8 heteroatoms. The zero-order valence-corrected chi connectivity index (χ0v) is 18.5. The Morgan fingerprint density at radius 1 is 1.19 bits per heavy atom. The summed E-state index contributed by atoms with van der Waals surface area (Å²) < 4.78 is 52.7. The highest BCUT2D eigenvalue weighted by Gasteiger charge is 2.37. The third-order valence-electron chi connectivity index (χ3n) is 5.64. The Kier molecular flexibility index (Phi) is 7.80. The first-order valence-corrected chi connectivity index (χ1v) is 11.8. The number of aryl methyl sites for hydroxylation is 1. The summed E-state index contributed by atoms with van der Waals surface area (Å²) >= 11 is 0. The van der Waals surface area contributed by atoms with Crippen LogP contribution in [0.15, 0.2) is 53.4 Å². The first kappa shape index (κ1) is 23.4. The molecular weight excluding hydrogens is 421 g/mol. The molecule has 1 saturated carbocycles. The molecular formula is C23H28FNO5S. The van der Waals surface area contributed by atoms with Gasteiger partial charge in [0.25, 0.3) is 0 Å². The summed E-state index contributed by atoms with van der Waals surface area (Å²) in [7, 11) is -2.80. The van der Waals surface area contributed by atoms with Crippen LogP contribution in [0, 0.1) is 18.7 Å². The van der Waals surface area contributed by atoms with Crippen LogP contribution in [-0.2, 0) is 30.9 Å². The van der Waals surface area contributed by atoms with Gasteiger partial charge in [-0.05, 0) is 61.4 Å². The van der Waals surface area contributed by atoms with Gasteiger partial charge in [-0.15, -0.1) is 0 Å². The lowest BCUT2D eigenvalue weighted by molar-refractivity contribution is -0.145. The van der Waals surface area contributed by atoms with Crippen molar-refractivity contribution in [2.45, 2.75) is 56.3 Å². The highest BCUT2D eigenvalue weighted by molar-refractivity contribution is 7.89. The number of carbonyl (C=O) groups excluding carboxylic acids is 1. The molecule has 0 unspecified atom stereocenters. The zero-order valence-electron chi connectivity index (χ0n) is 17.7. The fourth-order valence-electron chi connectivity index (χ4n) is 3.91. The molecule has 0 aliphatic heterocycles. The van der Waals surface area contributed by atoms with Gasteiger partial charge in [-0.2, -0.15) is 4.72 Å². The molecule has 1 aliphatic carbocycles. The maximum absolute atomic E-state index is 13.6. The van der Waals surface area contributed by atoms with Gasteiger partial charge in [-0.25, -0.2) is 12.8 Å². The lowest BCUT2D eigenvalue weighted by Crippen LogP contribution is -2.48. The van der Waals surface area contributed by atoms with Gasteiger partial charge in [0.05, 0.1) is 24.7 Å². The molecule has 3 rings (SSSR count). The zero-order chi connectivity index (χ0) is 22.4. The van der Waals surface area contributed by atoms with Crippen LogP contribution >= 0.6 is 0 Å². The predicted molar refractivity (Wildman–Crippen MR) is 114 cm³/mol. The third kappa shape index (κ3) is 6.12. The van der Waals surface area contributed by atoms with Crippen LogP contribution < -0.4 is 4.72 Å². The molecule has 2 aromatic carbocycles. The van der Waals surface area contributed by atoms with E-state index in [1.54, 1.807) is 0 Å². The van der Waals surface area contributed by atoms with Crippen LogP contribution in [-0.4, -0.2) is 33.6 Å². The second kappa shape index (κ2) is 10.3. The quantitative estimate of drug-likeness (QED) is 0.621. The van der Waals surface area contributed by atoms with Gasteiger partial charge in [0.15, 0.2) is 0 Å². The predicted octanol–water partition coefficient (Wildman–Crippen LogP) is 3.73. The molecule has 3 atom stereocenters. The molecule has 1 aliphatic rings. The topological polar surface area (TPSA) is 81.7 Å². The van der Waals surface area contributed by atoms with Gasteiger partial charge >= 0.3 is 5.97 Å². The number of hydrogen-bond acceptors (Lipinski definition) is 5. The number of benzene rings is 2. The number of ether oxygens (including phenoxy) is 2. The third-order valence-corrected chi connectivity index (χ3v) is 7.08. The summed E-state index contributed by atoms with van der Waals surface area (Å²) in [5.41, 5.74) is 1.27. The summed E-state index contributed by atoms with van der Waals surface area (Å²) in [5.74, 6) is -1.40. The molecule has 1 fully saturated rings. The van der Waals surface area contributed by atoms with Crippen molar-refractivity contribution in [2.75, 3.05) is 7.11 Å². The van der Waals surface area contributed by atoms with Crippen molar-refractivity contribution in [1.82, 2.24) is 4.72 Å². The summed E-state index contributed by atoms with van der Waals surface area (Å²) in [5, 5.41) is 0. The largest absolute Gasteiger partial charge is 0.468 e. The Morgan fingerprint density at radius 3 is 2.61 bits per heavy atom. The number of methoxy groups -OCH3 is 1. The molecule has 6 nitrogen and oxygen atoms in total. The molecule has 0 spiro atoms. The molecule has 0 amide bonds. The van der Waals surface area contributed by atoms with Crippen molar-refractivity contribution >= 4 is 16.0 Å². The van der Waals surface area contributed by atoms with Crippen molar-refractivity contribution in [3.8, 4) is 0 Å². The van der Waals surface area contributed by atoms with Crippen molar-refractivity contribution in [2.24, 2.45) is 5.92 Å². The monoisotopic (exact) mass is 449 g/mol. The summed E-state index contributed by atoms with van der Waals surface area (Å²) in [6.07, 6.45) is 2.80. The van der Waals surface area contributed by atoms with E-state index < -0.39 is 27.9 Å². The maximum atomic E-state index is 13.6. The standard InChI is InChI=1S/C23H28FNO5S/c1-16-13-20(11-12-21(16)24)31(27,28)25-22(23(26)29-2)18-9-6-10-19(14-18)30-15-17-7-4-3-5-8-17/h3-5,7-8,11-13,18-19,22,25H,6,9-10,14-15H2,1-2H3/t18-,19-,22-/m1/s1. The number of carbonyl (C=O) groups is 1. The number of rotatable bonds is 8. The van der Waals surface area contributed by atoms with E-state index in [1.807, 2.05) is 30.3 Å². The summed E-state index contributed by atoms with van der Waals surface area (Å²) in [6, 6.07) is 12.3. The highest BCUT2D eigenvalue weighted by atomic mass is 32.2. The minimum Gasteiger partial charge on any atom is -0.468 e. The number of nitrogens with one attached hydrogen (secondary N) is 1. The molecule has 0 radical (unpaired) electrons. The van der Waals surface area contributed by atoms with Crippen LogP contribution in [0.25, 0.3) is 0 Å². The minimum absolute atomic E-state index is 0.0799. The molecule has 0 heterocycles. The van der Waals surface area contributed by atoms with Gasteiger partial charge in [-0.1, -0.05) is 36.8 Å². The number of hydrogen-bond donors (Lipinski definition) is 1. The van der Waals surface area contributed by atoms with Gasteiger partial charge in [0, 0.05) is 0 Å². The fourth-order valence-corrected chi connectivity index (χ4v) is 5.24. The SMILES string of the molecule is COC(=O)[C@H](NS(=O)(=O)c1ccc(F)c(C)c1)[C@@H]1CCC[C@@H](OCc2ccccc2)C1. The van der Waals surface area contributed by atoms with E-state index in [1.165, 1.54) is 26.2 Å². The Bertz CT molecular complexity index is 996. The van der Waals surface area contributed by atoms with E-state index in [0.29, 0.717) is 19.4 Å². The van der Waals surface area contributed by atoms with Crippen molar-refractivity contribution in [1.29, 1.82) is 0 Å². The van der Waals surface area contributed by atoms with Gasteiger partial charge in [-0.3, -0.25) is 4.79 Å². The maximum Gasteiger partial charge on any atom is 0.324 e. The van der Waals surface area contributed by atoms with E-state index in [2.05, 4.69) is 4.72 Å². The van der Waals surface area contributed by atoms with Crippen LogP contribution in [0.1, 0.15) is 36.8 Å². The summed E-state index contributed by atoms with van der Waals surface area (Å²) in [4.78, 5) is 12.4. The van der Waals surface area contributed by atoms with Crippen molar-refractivity contribution < 1.29 is 27.1 Å². The molecule has 0 aromatic heterocycles. The lowest BCUT2D eigenvalue weighted by atomic mass is 9.82. The molecule has 168 valence electrons. The first-order chi connectivity index (χ1) is 14.8. The molecule has 0 saturated heterocycles. The van der Waals surface area contributed by atoms with E-state index in [0.717, 1.165) is 24.5 Å². The van der Waals surface area contributed by atoms with E-state index in [-0.39, 0.29) is 22.5 Å². The lowest BCUT2D eigenvalue weighted by Gasteiger charge is -2.33. The minimum atomic E-state index is -4.03. The second-order valence-corrected chi connectivity index (χ2v) is 9.59. The van der Waals surface area contributed by atoms with E-state index in [4.69, 9.17) is 9.47 Å². The van der Waals surface area contributed by atoms with E-state index >= 15 is 0 Å². The molecule has 0 bridgehead atoms. The average Bonchev–Trinajstić information content (AvgIpc) is 2.78. The molecule has 1 N–H and O–H groups in total. The van der Waals surface area contributed by atoms with Crippen molar-refractivity contribution in [3.63, 3.8) is 0 Å².